The first-order valence-electron chi connectivity index (χ1n) is 15.6. The number of amides is 1. The van der Waals surface area contributed by atoms with Gasteiger partial charge in [0.1, 0.15) is 11.9 Å². The molecule has 1 unspecified atom stereocenters. The molecule has 1 aliphatic carbocycles. The van der Waals surface area contributed by atoms with Crippen molar-refractivity contribution in [1.29, 1.82) is 0 Å². The highest BCUT2D eigenvalue weighted by Crippen LogP contribution is 2.36. The number of carbonyl (C=O) groups excluding carboxylic acids is 1. The monoisotopic (exact) mass is 685 g/mol. The van der Waals surface area contributed by atoms with Crippen LogP contribution < -0.4 is 15.2 Å². The summed E-state index contributed by atoms with van der Waals surface area (Å²) in [5.74, 6) is -4.60. The number of carbonyl (C=O) groups is 1. The summed E-state index contributed by atoms with van der Waals surface area (Å²) in [6.45, 7) is -0.615. The van der Waals surface area contributed by atoms with Gasteiger partial charge in [-0.25, -0.2) is 12.8 Å². The molecule has 1 heterocycles. The number of nitrogens with two attached hydrogens (primary N) is 1. The van der Waals surface area contributed by atoms with Crippen LogP contribution >= 0.6 is 11.6 Å². The number of nitrogens with zero attached hydrogens (tertiary/aromatic N) is 1. The number of sulfonamides is 1. The van der Waals surface area contributed by atoms with Crippen molar-refractivity contribution >= 4 is 38.3 Å². The smallest absolute Gasteiger partial charge is 0.298 e. The van der Waals surface area contributed by atoms with Gasteiger partial charge in [-0.3, -0.25) is 4.79 Å². The highest BCUT2D eigenvalue weighted by molar-refractivity contribution is 7.89. The SMILES string of the molecule is N[C@H]1CCN(C(=O)C(NS(=O)(=O)c2ccc3cc(OC4CCCC4)ccc3c2)C(F)(F)c2ccc(-c3ccc(Cl)cc3)cc2)C[C@@H]1F. The third-order valence-corrected chi connectivity index (χ3v) is 10.6. The predicted octanol–water partition coefficient (Wildman–Crippen LogP) is 6.82. The minimum Gasteiger partial charge on any atom is -0.490 e. The molecule has 0 bridgehead atoms. The molecule has 7 nitrogen and oxygen atoms in total. The summed E-state index contributed by atoms with van der Waals surface area (Å²) in [6.07, 6.45) is 2.74. The van der Waals surface area contributed by atoms with Crippen LogP contribution in [-0.4, -0.2) is 56.7 Å². The Hall–Kier alpha value is -3.64. The number of halogens is 4. The second kappa shape index (κ2) is 13.5. The molecule has 1 aliphatic heterocycles. The van der Waals surface area contributed by atoms with E-state index in [-0.39, 0.29) is 24.0 Å². The molecule has 1 saturated heterocycles. The zero-order valence-corrected chi connectivity index (χ0v) is 27.0. The third kappa shape index (κ3) is 7.28. The van der Waals surface area contributed by atoms with E-state index in [2.05, 4.69) is 0 Å². The van der Waals surface area contributed by atoms with Crippen molar-refractivity contribution in [1.82, 2.24) is 9.62 Å². The molecule has 3 atom stereocenters. The second-order valence-electron chi connectivity index (χ2n) is 12.2. The van der Waals surface area contributed by atoms with Crippen molar-refractivity contribution < 1.29 is 31.1 Å². The summed E-state index contributed by atoms with van der Waals surface area (Å²) in [7, 11) is -4.67. The molecule has 2 aliphatic rings. The van der Waals surface area contributed by atoms with Gasteiger partial charge in [0, 0.05) is 23.2 Å². The van der Waals surface area contributed by atoms with Gasteiger partial charge in [0.2, 0.25) is 15.9 Å². The standard InChI is InChI=1S/C35H35ClF3N3O4S/c36-27-13-7-23(8-14-27)22-5-11-26(12-6-22)35(38,39)33(34(43)42-18-17-32(40)31(37)21-42)41-47(44,45)30-16-10-24-19-29(15-9-25(24)20-30)46-28-3-1-2-4-28/h5-16,19-20,28,31-33,41H,1-4,17-18,21,40H2/t31-,32-,33?/m0/s1. The summed E-state index contributed by atoms with van der Waals surface area (Å²) in [5.41, 5.74) is 6.50. The summed E-state index contributed by atoms with van der Waals surface area (Å²) in [5, 5.41) is 1.77. The van der Waals surface area contributed by atoms with Crippen LogP contribution in [0.4, 0.5) is 13.2 Å². The third-order valence-electron chi connectivity index (χ3n) is 8.93. The lowest BCUT2D eigenvalue weighted by Gasteiger charge is -2.37. The maximum Gasteiger partial charge on any atom is 0.298 e. The molecular weight excluding hydrogens is 651 g/mol. The Morgan fingerprint density at radius 3 is 2.19 bits per heavy atom. The fourth-order valence-electron chi connectivity index (χ4n) is 6.14. The van der Waals surface area contributed by atoms with Crippen molar-refractivity contribution in [3.8, 4) is 16.9 Å². The van der Waals surface area contributed by atoms with Crippen LogP contribution in [0.3, 0.4) is 0 Å². The molecule has 0 radical (unpaired) electrons. The normalized spacial score (nSPS) is 20.0. The van der Waals surface area contributed by atoms with Crippen molar-refractivity contribution in [2.75, 3.05) is 13.1 Å². The van der Waals surface area contributed by atoms with E-state index in [0.717, 1.165) is 48.3 Å². The number of piperidine rings is 1. The Labute approximate surface area is 276 Å². The molecule has 4 aromatic carbocycles. The number of benzene rings is 4. The molecule has 3 N–H and O–H groups in total. The van der Waals surface area contributed by atoms with E-state index in [1.54, 1.807) is 48.5 Å². The maximum absolute atomic E-state index is 16.4. The number of hydrogen-bond donors (Lipinski definition) is 2. The van der Waals surface area contributed by atoms with Gasteiger partial charge in [-0.1, -0.05) is 60.1 Å². The van der Waals surface area contributed by atoms with E-state index in [1.807, 2.05) is 4.72 Å². The quantitative estimate of drug-likeness (QED) is 0.201. The van der Waals surface area contributed by atoms with Crippen LogP contribution in [0.15, 0.2) is 89.8 Å². The minimum atomic E-state index is -4.67. The first-order valence-corrected chi connectivity index (χ1v) is 17.4. The van der Waals surface area contributed by atoms with Crippen molar-refractivity contribution in [3.63, 3.8) is 0 Å². The Kier molecular flexibility index (Phi) is 9.53. The molecule has 2 fully saturated rings. The fraction of sp³-hybridized carbons (Fsp3) is 0.343. The van der Waals surface area contributed by atoms with Crippen molar-refractivity contribution in [2.24, 2.45) is 5.73 Å². The van der Waals surface area contributed by atoms with E-state index in [1.165, 1.54) is 24.3 Å². The van der Waals surface area contributed by atoms with Gasteiger partial charge in [-0.15, -0.1) is 0 Å². The van der Waals surface area contributed by atoms with E-state index in [9.17, 15) is 17.6 Å². The Balaban J connectivity index is 1.30. The van der Waals surface area contributed by atoms with Crippen molar-refractivity contribution in [2.45, 2.75) is 67.3 Å². The lowest BCUT2D eigenvalue weighted by Crippen LogP contribution is -2.60. The number of nitrogens with one attached hydrogen (secondary N) is 1. The predicted molar refractivity (Wildman–Crippen MR) is 176 cm³/mol. The van der Waals surface area contributed by atoms with Crippen LogP contribution in [0.5, 0.6) is 5.75 Å². The average molecular weight is 686 g/mol. The first-order chi connectivity index (χ1) is 22.4. The van der Waals surface area contributed by atoms with Crippen LogP contribution in [-0.2, 0) is 20.7 Å². The number of fused-ring (bicyclic) bond motifs is 1. The molecule has 6 rings (SSSR count). The first kappa shape index (κ1) is 33.3. The van der Waals surface area contributed by atoms with Crippen molar-refractivity contribution in [3.05, 3.63) is 95.5 Å². The van der Waals surface area contributed by atoms with Gasteiger partial charge >= 0.3 is 0 Å². The molecule has 12 heteroatoms. The highest BCUT2D eigenvalue weighted by atomic mass is 35.5. The van der Waals surface area contributed by atoms with Crippen LogP contribution in [0.2, 0.25) is 5.02 Å². The molecule has 248 valence electrons. The number of hydrogen-bond acceptors (Lipinski definition) is 5. The zero-order valence-electron chi connectivity index (χ0n) is 25.4. The molecule has 47 heavy (non-hydrogen) atoms. The Morgan fingerprint density at radius 1 is 0.915 bits per heavy atom. The van der Waals surface area contributed by atoms with Gasteiger partial charge in [-0.05, 0) is 90.4 Å². The van der Waals surface area contributed by atoms with Crippen LogP contribution in [0, 0.1) is 0 Å². The second-order valence-corrected chi connectivity index (χ2v) is 14.4. The minimum absolute atomic E-state index is 0.0465. The van der Waals surface area contributed by atoms with E-state index in [4.69, 9.17) is 22.1 Å². The largest absolute Gasteiger partial charge is 0.490 e. The molecule has 0 spiro atoms. The zero-order chi connectivity index (χ0) is 33.3. The fourth-order valence-corrected chi connectivity index (χ4v) is 7.49. The summed E-state index contributed by atoms with van der Waals surface area (Å²) in [6, 6.07) is 18.1. The lowest BCUT2D eigenvalue weighted by atomic mass is 9.96. The van der Waals surface area contributed by atoms with Gasteiger partial charge in [0.25, 0.3) is 5.92 Å². The van der Waals surface area contributed by atoms with Crippen LogP contribution in [0.25, 0.3) is 21.9 Å². The summed E-state index contributed by atoms with van der Waals surface area (Å²) in [4.78, 5) is 14.3. The number of likely N-dealkylation sites (tertiary alicyclic amines) is 1. The lowest BCUT2D eigenvalue weighted by molar-refractivity contribution is -0.146. The van der Waals surface area contributed by atoms with Gasteiger partial charge in [0.05, 0.1) is 17.5 Å². The summed E-state index contributed by atoms with van der Waals surface area (Å²) < 4.78 is 82.7. The highest BCUT2D eigenvalue weighted by Gasteiger charge is 2.50. The van der Waals surface area contributed by atoms with Gasteiger partial charge in [0.15, 0.2) is 6.04 Å². The summed E-state index contributed by atoms with van der Waals surface area (Å²) >= 11 is 5.96. The van der Waals surface area contributed by atoms with Gasteiger partial charge < -0.3 is 15.4 Å². The molecule has 1 amide bonds. The molecular formula is C35H35ClF3N3O4S. The van der Waals surface area contributed by atoms with Gasteiger partial charge in [-0.2, -0.15) is 13.5 Å². The van der Waals surface area contributed by atoms with E-state index < -0.39 is 52.2 Å². The van der Waals surface area contributed by atoms with Crippen LogP contribution in [0.1, 0.15) is 37.7 Å². The number of rotatable bonds is 9. The van der Waals surface area contributed by atoms with E-state index in [0.29, 0.717) is 27.1 Å². The number of alkyl halides is 3. The average Bonchev–Trinajstić information content (AvgIpc) is 3.58. The van der Waals surface area contributed by atoms with E-state index >= 15 is 8.78 Å². The maximum atomic E-state index is 16.4. The molecule has 4 aromatic rings. The topological polar surface area (TPSA) is 102 Å². The Bertz CT molecular complexity index is 1850. The Morgan fingerprint density at radius 2 is 1.53 bits per heavy atom. The molecule has 0 aromatic heterocycles. The number of ether oxygens (including phenoxy) is 1. The molecule has 1 saturated carbocycles.